The highest BCUT2D eigenvalue weighted by Crippen LogP contribution is 2.32. The Labute approximate surface area is 323 Å². The summed E-state index contributed by atoms with van der Waals surface area (Å²) < 4.78 is 0. The summed E-state index contributed by atoms with van der Waals surface area (Å²) in [7, 11) is 3.01. The second-order valence-electron chi connectivity index (χ2n) is 14.1. The van der Waals surface area contributed by atoms with Crippen LogP contribution in [0.2, 0.25) is 0 Å². The molecule has 4 amide bonds. The molecule has 4 heterocycles. The van der Waals surface area contributed by atoms with E-state index in [2.05, 4.69) is 10.3 Å². The Hall–Kier alpha value is -3.99. The maximum atomic E-state index is 14.1. The van der Waals surface area contributed by atoms with Crippen molar-refractivity contribution in [2.75, 3.05) is 25.4 Å². The van der Waals surface area contributed by atoms with Crippen molar-refractivity contribution in [1.29, 1.82) is 0 Å². The van der Waals surface area contributed by atoms with Crippen molar-refractivity contribution in [1.82, 2.24) is 25.0 Å². The van der Waals surface area contributed by atoms with E-state index in [1.807, 2.05) is 18.2 Å². The lowest BCUT2D eigenvalue weighted by molar-refractivity contribution is -0.149. The van der Waals surface area contributed by atoms with Gasteiger partial charge in [0.1, 0.15) is 28.9 Å². The molecule has 5 unspecified atom stereocenters. The van der Waals surface area contributed by atoms with Gasteiger partial charge in [-0.25, -0.2) is 9.78 Å². The predicted molar refractivity (Wildman–Crippen MR) is 200 cm³/mol. The van der Waals surface area contributed by atoms with Crippen molar-refractivity contribution in [2.24, 2.45) is 5.92 Å². The smallest absolute Gasteiger partial charge is 0.326 e. The molecule has 0 bridgehead atoms. The highest BCUT2D eigenvalue weighted by Gasteiger charge is 2.44. The second kappa shape index (κ2) is 21.2. The molecule has 5 atom stereocenters. The molecular formula is C37H51N5O10S2. The number of hydrogen-bond acceptors (Lipinski definition) is 11. The van der Waals surface area contributed by atoms with Crippen LogP contribution in [-0.2, 0) is 38.4 Å². The van der Waals surface area contributed by atoms with Crippen molar-refractivity contribution in [2.45, 2.75) is 126 Å². The van der Waals surface area contributed by atoms with Gasteiger partial charge in [-0.1, -0.05) is 29.7 Å². The summed E-state index contributed by atoms with van der Waals surface area (Å²) in [5.74, 6) is -4.96. The van der Waals surface area contributed by atoms with Crippen LogP contribution >= 0.6 is 21.6 Å². The maximum absolute atomic E-state index is 14.1. The zero-order valence-electron chi connectivity index (χ0n) is 30.7. The lowest BCUT2D eigenvalue weighted by atomic mass is 9.90. The fourth-order valence-electron chi connectivity index (χ4n) is 7.46. The zero-order valence-corrected chi connectivity index (χ0v) is 32.3. The minimum absolute atomic E-state index is 0.0540. The van der Waals surface area contributed by atoms with E-state index in [4.69, 9.17) is 5.11 Å². The molecule has 15 nitrogen and oxygen atoms in total. The summed E-state index contributed by atoms with van der Waals surface area (Å²) in [5.41, 5.74) is 0. The van der Waals surface area contributed by atoms with Crippen molar-refractivity contribution in [3.63, 3.8) is 0 Å². The molecule has 3 aliphatic heterocycles. The number of pyridine rings is 1. The van der Waals surface area contributed by atoms with Gasteiger partial charge in [-0.15, -0.1) is 0 Å². The van der Waals surface area contributed by atoms with Crippen molar-refractivity contribution < 1.29 is 48.6 Å². The lowest BCUT2D eigenvalue weighted by Crippen LogP contribution is -2.53. The minimum atomic E-state index is -1.67. The first-order valence-electron chi connectivity index (χ1n) is 18.8. The van der Waals surface area contributed by atoms with Crippen LogP contribution < -0.4 is 5.32 Å². The van der Waals surface area contributed by atoms with E-state index in [-0.39, 0.29) is 49.2 Å². The van der Waals surface area contributed by atoms with E-state index in [1.165, 1.54) is 33.4 Å². The molecule has 1 aromatic rings. The van der Waals surface area contributed by atoms with Crippen LogP contribution in [0.4, 0.5) is 0 Å². The molecule has 3 N–H and O–H groups in total. The van der Waals surface area contributed by atoms with Gasteiger partial charge in [-0.3, -0.25) is 28.8 Å². The van der Waals surface area contributed by atoms with Crippen LogP contribution in [0.1, 0.15) is 96.8 Å². The lowest BCUT2D eigenvalue weighted by Gasteiger charge is -2.32. The van der Waals surface area contributed by atoms with E-state index < -0.39 is 60.3 Å². The molecule has 0 radical (unpaired) electrons. The van der Waals surface area contributed by atoms with E-state index >= 15 is 0 Å². The Morgan fingerprint density at radius 2 is 1.52 bits per heavy atom. The van der Waals surface area contributed by atoms with Crippen LogP contribution in [0.3, 0.4) is 0 Å². The fourth-order valence-corrected chi connectivity index (χ4v) is 9.32. The Bertz CT molecular complexity index is 1530. The van der Waals surface area contributed by atoms with Gasteiger partial charge in [0.05, 0.1) is 12.5 Å². The van der Waals surface area contributed by atoms with Gasteiger partial charge in [0, 0.05) is 56.8 Å². The number of hydrogen-bond donors (Lipinski definition) is 3. The highest BCUT2D eigenvalue weighted by atomic mass is 33.1. The number of Topliss-reactive ketones (excluding diaryl/α,β-unsaturated/α-hetero) is 2. The standard InChI is InChI=1S/C37H51N5O10S2/c1-24(43)10-3-2-4-11-25(35(49)42-20-8-13-28(42)34(48)39-26(37(51)52)23-33(46)47)22-30(44)27-12-7-19-41(27)36(50)29-14-9-18-40(29)32(45)16-21-53-54-31-15-5-6-17-38-31/h5-6,15,17,25-29H,2-4,7-14,16,18-23H2,1H3,(H,39,48)(H,46,47)(H,51,52). The molecule has 1 aromatic heterocycles. The number of unbranched alkanes of at least 4 members (excludes halogenated alkanes) is 2. The maximum Gasteiger partial charge on any atom is 0.326 e. The van der Waals surface area contributed by atoms with E-state index in [0.717, 1.165) is 5.03 Å². The minimum Gasteiger partial charge on any atom is -0.481 e. The Morgan fingerprint density at radius 3 is 2.19 bits per heavy atom. The van der Waals surface area contributed by atoms with Gasteiger partial charge >= 0.3 is 11.9 Å². The van der Waals surface area contributed by atoms with Crippen LogP contribution in [0.25, 0.3) is 0 Å². The van der Waals surface area contributed by atoms with Gasteiger partial charge in [0.25, 0.3) is 0 Å². The molecule has 3 fully saturated rings. The molecule has 296 valence electrons. The quantitative estimate of drug-likeness (QED) is 0.121. The van der Waals surface area contributed by atoms with Gasteiger partial charge in [-0.2, -0.15) is 0 Å². The summed E-state index contributed by atoms with van der Waals surface area (Å²) >= 11 is 0. The number of carbonyl (C=O) groups is 8. The Balaban J connectivity index is 1.40. The number of carboxylic acid groups (broad SMARTS) is 2. The van der Waals surface area contributed by atoms with Crippen LogP contribution in [0.15, 0.2) is 29.4 Å². The predicted octanol–water partition coefficient (Wildman–Crippen LogP) is 3.34. The molecule has 0 saturated carbocycles. The number of ketones is 2. The highest BCUT2D eigenvalue weighted by molar-refractivity contribution is 8.76. The molecule has 54 heavy (non-hydrogen) atoms. The SMILES string of the molecule is CC(=O)CCCCCC(CC(=O)C1CCCN1C(=O)C1CCCN1C(=O)CCSSc1ccccn1)C(=O)N1CCCC1C(=O)NC(CC(=O)O)C(=O)O. The number of aromatic nitrogens is 1. The first-order valence-corrected chi connectivity index (χ1v) is 21.1. The van der Waals surface area contributed by atoms with E-state index in [1.54, 1.807) is 16.0 Å². The molecule has 4 rings (SSSR count). The summed E-state index contributed by atoms with van der Waals surface area (Å²) in [6.45, 7) is 2.55. The number of nitrogens with zero attached hydrogens (tertiary/aromatic N) is 4. The third-order valence-corrected chi connectivity index (χ3v) is 12.4. The number of likely N-dealkylation sites (tertiary alicyclic amines) is 3. The fraction of sp³-hybridized carbons (Fsp3) is 0.649. The summed E-state index contributed by atoms with van der Waals surface area (Å²) in [6.07, 6.45) is 6.44. The molecular weight excluding hydrogens is 739 g/mol. The Kier molecular flexibility index (Phi) is 16.8. The zero-order chi connectivity index (χ0) is 39.2. The summed E-state index contributed by atoms with van der Waals surface area (Å²) in [4.78, 5) is 112. The molecule has 3 saturated heterocycles. The second-order valence-corrected chi connectivity index (χ2v) is 16.5. The van der Waals surface area contributed by atoms with Crippen molar-refractivity contribution in [3.05, 3.63) is 24.4 Å². The number of aliphatic carboxylic acids is 2. The van der Waals surface area contributed by atoms with Crippen LogP contribution in [0.5, 0.6) is 0 Å². The molecule has 0 spiro atoms. The number of carboxylic acids is 2. The van der Waals surface area contributed by atoms with Gasteiger partial charge in [-0.05, 0) is 81.2 Å². The first-order chi connectivity index (χ1) is 25.9. The number of rotatable bonds is 21. The monoisotopic (exact) mass is 789 g/mol. The summed E-state index contributed by atoms with van der Waals surface area (Å²) in [6, 6.07) is 1.53. The average molecular weight is 790 g/mol. The number of amides is 4. The molecule has 0 aromatic carbocycles. The van der Waals surface area contributed by atoms with E-state index in [0.29, 0.717) is 83.1 Å². The van der Waals surface area contributed by atoms with Crippen molar-refractivity contribution in [3.8, 4) is 0 Å². The van der Waals surface area contributed by atoms with E-state index in [9.17, 15) is 43.5 Å². The van der Waals surface area contributed by atoms with Crippen LogP contribution in [-0.4, -0.2) is 127 Å². The normalized spacial score (nSPS) is 20.8. The largest absolute Gasteiger partial charge is 0.481 e. The van der Waals surface area contributed by atoms with Crippen LogP contribution in [0, 0.1) is 5.92 Å². The average Bonchev–Trinajstić information content (AvgIpc) is 3.93. The topological polar surface area (TPSA) is 212 Å². The third-order valence-electron chi connectivity index (χ3n) is 10.2. The molecule has 0 aliphatic carbocycles. The Morgan fingerprint density at radius 1 is 0.833 bits per heavy atom. The molecule has 17 heteroatoms. The van der Waals surface area contributed by atoms with Gasteiger partial charge in [0.15, 0.2) is 5.78 Å². The molecule has 3 aliphatic rings. The number of carbonyl (C=O) groups excluding carboxylic acids is 6. The summed E-state index contributed by atoms with van der Waals surface area (Å²) in [5, 5.41) is 21.6. The van der Waals surface area contributed by atoms with Crippen molar-refractivity contribution >= 4 is 68.7 Å². The van der Waals surface area contributed by atoms with Gasteiger partial charge in [0.2, 0.25) is 23.6 Å². The first kappa shape index (κ1) is 42.7. The van der Waals surface area contributed by atoms with Gasteiger partial charge < -0.3 is 35.0 Å². The third kappa shape index (κ3) is 12.3. The number of nitrogens with one attached hydrogen (secondary N) is 1.